The van der Waals surface area contributed by atoms with Gasteiger partial charge in [0.25, 0.3) is 0 Å². The molecule has 0 aliphatic carbocycles. The van der Waals surface area contributed by atoms with E-state index in [-0.39, 0.29) is 17.6 Å². The molecule has 1 saturated heterocycles. The molecule has 1 aliphatic rings. The number of ether oxygens (including phenoxy) is 1. The highest BCUT2D eigenvalue weighted by atomic mass is 19.4. The van der Waals surface area contributed by atoms with Crippen LogP contribution in [0.1, 0.15) is 12.0 Å². The van der Waals surface area contributed by atoms with Gasteiger partial charge >= 0.3 is 6.18 Å². The second kappa shape index (κ2) is 6.34. The van der Waals surface area contributed by atoms with Gasteiger partial charge in [0, 0.05) is 12.2 Å². The zero-order chi connectivity index (χ0) is 15.5. The third-order valence-corrected chi connectivity index (χ3v) is 3.26. The second-order valence-electron chi connectivity index (χ2n) is 5.06. The molecule has 4 nitrogen and oxygen atoms in total. The van der Waals surface area contributed by atoms with Crippen molar-refractivity contribution >= 4 is 11.6 Å². The van der Waals surface area contributed by atoms with E-state index >= 15 is 0 Å². The van der Waals surface area contributed by atoms with Gasteiger partial charge in [0.15, 0.2) is 6.61 Å². The van der Waals surface area contributed by atoms with Gasteiger partial charge in [0.2, 0.25) is 5.91 Å². The van der Waals surface area contributed by atoms with Crippen molar-refractivity contribution in [3.63, 3.8) is 0 Å². The predicted octanol–water partition coefficient (Wildman–Crippen LogP) is 2.48. The molecule has 116 valence electrons. The van der Waals surface area contributed by atoms with E-state index < -0.39 is 12.8 Å². The smallest absolute Gasteiger partial charge is 0.422 e. The number of aryl methyl sites for hydroxylation is 1. The maximum atomic E-state index is 12.1. The maximum Gasteiger partial charge on any atom is 0.422 e. The number of alkyl halides is 3. The number of carbonyl (C=O) groups excluding carboxylic acids is 1. The average molecular weight is 302 g/mol. The van der Waals surface area contributed by atoms with Gasteiger partial charge in [-0.05, 0) is 43.7 Å². The van der Waals surface area contributed by atoms with Gasteiger partial charge in [0.05, 0.1) is 5.92 Å². The van der Waals surface area contributed by atoms with Gasteiger partial charge in [-0.15, -0.1) is 0 Å². The molecule has 1 heterocycles. The number of amides is 1. The van der Waals surface area contributed by atoms with Gasteiger partial charge in [0.1, 0.15) is 5.75 Å². The Bertz CT molecular complexity index is 511. The van der Waals surface area contributed by atoms with E-state index in [0.29, 0.717) is 17.8 Å². The number of hydrogen-bond donors (Lipinski definition) is 2. The number of benzene rings is 1. The Labute approximate surface area is 120 Å². The molecule has 1 aliphatic heterocycles. The lowest BCUT2D eigenvalue weighted by molar-refractivity contribution is -0.153. The molecular formula is C14H17F3N2O2. The molecule has 0 bridgehead atoms. The molecule has 2 rings (SSSR count). The van der Waals surface area contributed by atoms with E-state index in [0.717, 1.165) is 13.0 Å². The van der Waals surface area contributed by atoms with Gasteiger partial charge in [-0.2, -0.15) is 13.2 Å². The molecule has 1 atom stereocenters. The Kier molecular flexibility index (Phi) is 4.72. The Morgan fingerprint density at radius 3 is 2.81 bits per heavy atom. The van der Waals surface area contributed by atoms with Crippen LogP contribution in [0.2, 0.25) is 0 Å². The number of rotatable bonds is 4. The van der Waals surface area contributed by atoms with Crippen molar-refractivity contribution in [2.45, 2.75) is 19.5 Å². The molecule has 21 heavy (non-hydrogen) atoms. The van der Waals surface area contributed by atoms with Gasteiger partial charge < -0.3 is 15.4 Å². The van der Waals surface area contributed by atoms with Crippen LogP contribution in [0.4, 0.5) is 18.9 Å². The molecule has 0 spiro atoms. The van der Waals surface area contributed by atoms with Crippen LogP contribution < -0.4 is 15.4 Å². The topological polar surface area (TPSA) is 50.4 Å². The van der Waals surface area contributed by atoms with Crippen LogP contribution in [0.3, 0.4) is 0 Å². The number of carbonyl (C=O) groups is 1. The van der Waals surface area contributed by atoms with E-state index in [2.05, 4.69) is 10.6 Å². The molecule has 1 amide bonds. The van der Waals surface area contributed by atoms with Crippen molar-refractivity contribution in [2.75, 3.05) is 25.0 Å². The molecule has 1 unspecified atom stereocenters. The summed E-state index contributed by atoms with van der Waals surface area (Å²) in [6.45, 7) is 1.78. The SMILES string of the molecule is Cc1cc(NC(=O)C2CCNC2)ccc1OCC(F)(F)F. The van der Waals surface area contributed by atoms with E-state index in [1.165, 1.54) is 6.07 Å². The van der Waals surface area contributed by atoms with Crippen molar-refractivity contribution in [3.05, 3.63) is 23.8 Å². The minimum Gasteiger partial charge on any atom is -0.484 e. The molecule has 1 aromatic rings. The van der Waals surface area contributed by atoms with Crippen LogP contribution in [0.5, 0.6) is 5.75 Å². The van der Waals surface area contributed by atoms with Gasteiger partial charge in [-0.1, -0.05) is 0 Å². The van der Waals surface area contributed by atoms with Crippen LogP contribution in [0, 0.1) is 12.8 Å². The molecule has 1 aromatic carbocycles. The third kappa shape index (κ3) is 4.63. The summed E-state index contributed by atoms with van der Waals surface area (Å²) in [6.07, 6.45) is -3.58. The van der Waals surface area contributed by atoms with E-state index in [1.54, 1.807) is 19.1 Å². The Balaban J connectivity index is 1.96. The zero-order valence-corrected chi connectivity index (χ0v) is 11.6. The van der Waals surface area contributed by atoms with Gasteiger partial charge in [-0.25, -0.2) is 0 Å². The summed E-state index contributed by atoms with van der Waals surface area (Å²) in [5.41, 5.74) is 1.10. The molecule has 0 radical (unpaired) electrons. The van der Waals surface area contributed by atoms with Crippen molar-refractivity contribution in [1.29, 1.82) is 0 Å². The Hall–Kier alpha value is -1.76. The van der Waals surface area contributed by atoms with Crippen LogP contribution in [-0.2, 0) is 4.79 Å². The van der Waals surface area contributed by atoms with Gasteiger partial charge in [-0.3, -0.25) is 4.79 Å². The predicted molar refractivity (Wildman–Crippen MR) is 72.3 cm³/mol. The molecule has 0 saturated carbocycles. The van der Waals surface area contributed by atoms with Crippen molar-refractivity contribution in [2.24, 2.45) is 5.92 Å². The summed E-state index contributed by atoms with van der Waals surface area (Å²) in [6, 6.07) is 4.58. The first kappa shape index (κ1) is 15.6. The normalized spacial score (nSPS) is 18.6. The molecular weight excluding hydrogens is 285 g/mol. The summed E-state index contributed by atoms with van der Waals surface area (Å²) >= 11 is 0. The monoisotopic (exact) mass is 302 g/mol. The lowest BCUT2D eigenvalue weighted by Crippen LogP contribution is -2.24. The van der Waals surface area contributed by atoms with Crippen molar-refractivity contribution in [3.8, 4) is 5.75 Å². The largest absolute Gasteiger partial charge is 0.484 e. The number of anilines is 1. The Morgan fingerprint density at radius 2 is 2.24 bits per heavy atom. The fourth-order valence-electron chi connectivity index (χ4n) is 2.17. The number of nitrogens with one attached hydrogen (secondary N) is 2. The van der Waals surface area contributed by atoms with Crippen LogP contribution >= 0.6 is 0 Å². The molecule has 0 aromatic heterocycles. The summed E-state index contributed by atoms with van der Waals surface area (Å²) < 4.78 is 41.0. The Morgan fingerprint density at radius 1 is 1.48 bits per heavy atom. The van der Waals surface area contributed by atoms with E-state index in [9.17, 15) is 18.0 Å². The fourth-order valence-corrected chi connectivity index (χ4v) is 2.17. The quantitative estimate of drug-likeness (QED) is 0.898. The first-order valence-electron chi connectivity index (χ1n) is 6.67. The zero-order valence-electron chi connectivity index (χ0n) is 11.6. The number of halogens is 3. The van der Waals surface area contributed by atoms with E-state index in [1.807, 2.05) is 0 Å². The average Bonchev–Trinajstić information content (AvgIpc) is 2.90. The van der Waals surface area contributed by atoms with Crippen molar-refractivity contribution < 1.29 is 22.7 Å². The summed E-state index contributed by atoms with van der Waals surface area (Å²) in [4.78, 5) is 11.9. The maximum absolute atomic E-state index is 12.1. The first-order valence-corrected chi connectivity index (χ1v) is 6.67. The second-order valence-corrected chi connectivity index (χ2v) is 5.06. The highest BCUT2D eigenvalue weighted by molar-refractivity contribution is 5.93. The molecule has 7 heteroatoms. The molecule has 1 fully saturated rings. The van der Waals surface area contributed by atoms with Crippen LogP contribution in [0.25, 0.3) is 0 Å². The summed E-state index contributed by atoms with van der Waals surface area (Å²) in [5, 5.41) is 5.87. The van der Waals surface area contributed by atoms with Crippen molar-refractivity contribution in [1.82, 2.24) is 5.32 Å². The third-order valence-electron chi connectivity index (χ3n) is 3.26. The minimum absolute atomic E-state index is 0.0635. The number of hydrogen-bond acceptors (Lipinski definition) is 3. The lowest BCUT2D eigenvalue weighted by atomic mass is 10.1. The standard InChI is InChI=1S/C14H17F3N2O2/c1-9-6-11(19-13(20)10-4-5-18-7-10)2-3-12(9)21-8-14(15,16)17/h2-3,6,10,18H,4-5,7-8H2,1H3,(H,19,20). The molecule has 2 N–H and O–H groups in total. The minimum atomic E-state index is -4.37. The van der Waals surface area contributed by atoms with Crippen LogP contribution in [-0.4, -0.2) is 31.8 Å². The van der Waals surface area contributed by atoms with E-state index in [4.69, 9.17) is 4.74 Å². The highest BCUT2D eigenvalue weighted by Gasteiger charge is 2.28. The summed E-state index contributed by atoms with van der Waals surface area (Å²) in [5.74, 6) is 0.0164. The lowest BCUT2D eigenvalue weighted by Gasteiger charge is -2.14. The first-order chi connectivity index (χ1) is 9.85. The summed E-state index contributed by atoms with van der Waals surface area (Å²) in [7, 11) is 0. The fraction of sp³-hybridized carbons (Fsp3) is 0.500. The van der Waals surface area contributed by atoms with Crippen LogP contribution in [0.15, 0.2) is 18.2 Å². The highest BCUT2D eigenvalue weighted by Crippen LogP contribution is 2.25.